The summed E-state index contributed by atoms with van der Waals surface area (Å²) < 4.78 is 0. The van der Waals surface area contributed by atoms with Gasteiger partial charge in [-0.3, -0.25) is 4.79 Å². The largest absolute Gasteiger partial charge is 0.398 e. The summed E-state index contributed by atoms with van der Waals surface area (Å²) in [6, 6.07) is 12.2. The van der Waals surface area contributed by atoms with Gasteiger partial charge in [0.2, 0.25) is 0 Å². The minimum atomic E-state index is -0.180. The minimum Gasteiger partial charge on any atom is -0.398 e. The van der Waals surface area contributed by atoms with Crippen molar-refractivity contribution in [2.24, 2.45) is 0 Å². The standard InChI is InChI=1S/C16H16Cl2N2O/c1-2-15(10-3-6-12(17)7-4-10)20-16(21)11-5-8-13(18)14(19)9-11/h3-9,15H,2,19H2,1H3,(H,20,21). The van der Waals surface area contributed by atoms with E-state index in [-0.39, 0.29) is 11.9 Å². The van der Waals surface area contributed by atoms with E-state index in [4.69, 9.17) is 28.9 Å². The van der Waals surface area contributed by atoms with Crippen molar-refractivity contribution in [2.45, 2.75) is 19.4 Å². The molecule has 0 spiro atoms. The van der Waals surface area contributed by atoms with Crippen molar-refractivity contribution < 1.29 is 4.79 Å². The fourth-order valence-corrected chi connectivity index (χ4v) is 2.29. The SMILES string of the molecule is CCC(NC(=O)c1ccc(Cl)c(N)c1)c1ccc(Cl)cc1. The monoisotopic (exact) mass is 322 g/mol. The van der Waals surface area contributed by atoms with Crippen molar-refractivity contribution in [1.29, 1.82) is 0 Å². The summed E-state index contributed by atoms with van der Waals surface area (Å²) in [6.45, 7) is 2.01. The highest BCUT2D eigenvalue weighted by atomic mass is 35.5. The van der Waals surface area contributed by atoms with E-state index in [1.54, 1.807) is 18.2 Å². The molecule has 2 aromatic rings. The molecule has 3 nitrogen and oxygen atoms in total. The van der Waals surface area contributed by atoms with Crippen molar-refractivity contribution in [2.75, 3.05) is 5.73 Å². The molecule has 0 aliphatic heterocycles. The number of carbonyl (C=O) groups is 1. The smallest absolute Gasteiger partial charge is 0.251 e. The number of nitrogen functional groups attached to an aromatic ring is 1. The minimum absolute atomic E-state index is 0.0772. The summed E-state index contributed by atoms with van der Waals surface area (Å²) in [5.41, 5.74) is 7.62. The van der Waals surface area contributed by atoms with Crippen molar-refractivity contribution in [1.82, 2.24) is 5.32 Å². The summed E-state index contributed by atoms with van der Waals surface area (Å²) >= 11 is 11.7. The quantitative estimate of drug-likeness (QED) is 0.816. The number of carbonyl (C=O) groups excluding carboxylic acids is 1. The van der Waals surface area contributed by atoms with Crippen molar-refractivity contribution in [3.63, 3.8) is 0 Å². The molecule has 110 valence electrons. The molecule has 0 saturated heterocycles. The molecule has 1 amide bonds. The van der Waals surface area contributed by atoms with Crippen LogP contribution in [0.15, 0.2) is 42.5 Å². The van der Waals surface area contributed by atoms with Crippen LogP contribution in [0.1, 0.15) is 35.3 Å². The van der Waals surface area contributed by atoms with Crippen LogP contribution in [0.25, 0.3) is 0 Å². The van der Waals surface area contributed by atoms with Gasteiger partial charge in [-0.15, -0.1) is 0 Å². The first-order valence-electron chi connectivity index (χ1n) is 6.62. The number of benzene rings is 2. The molecule has 0 bridgehead atoms. The first-order valence-corrected chi connectivity index (χ1v) is 7.38. The topological polar surface area (TPSA) is 55.1 Å². The van der Waals surface area contributed by atoms with Crippen molar-refractivity contribution in [3.05, 3.63) is 63.6 Å². The number of amides is 1. The van der Waals surface area contributed by atoms with E-state index in [1.807, 2.05) is 31.2 Å². The van der Waals surface area contributed by atoms with Gasteiger partial charge in [-0.1, -0.05) is 42.3 Å². The number of halogens is 2. The third-order valence-electron chi connectivity index (χ3n) is 3.24. The highest BCUT2D eigenvalue weighted by Crippen LogP contribution is 2.22. The molecule has 21 heavy (non-hydrogen) atoms. The molecular formula is C16H16Cl2N2O. The molecule has 0 saturated carbocycles. The summed E-state index contributed by atoms with van der Waals surface area (Å²) in [4.78, 5) is 12.3. The van der Waals surface area contributed by atoms with Gasteiger partial charge in [0.15, 0.2) is 0 Å². The lowest BCUT2D eigenvalue weighted by atomic mass is 10.0. The van der Waals surface area contributed by atoms with Gasteiger partial charge >= 0.3 is 0 Å². The Morgan fingerprint density at radius 3 is 2.43 bits per heavy atom. The Bertz CT molecular complexity index is 641. The second-order valence-electron chi connectivity index (χ2n) is 4.72. The van der Waals surface area contributed by atoms with E-state index in [1.165, 1.54) is 0 Å². The highest BCUT2D eigenvalue weighted by Gasteiger charge is 2.14. The van der Waals surface area contributed by atoms with Crippen LogP contribution < -0.4 is 11.1 Å². The van der Waals surface area contributed by atoms with Crippen molar-refractivity contribution >= 4 is 34.8 Å². The van der Waals surface area contributed by atoms with E-state index in [2.05, 4.69) is 5.32 Å². The molecular weight excluding hydrogens is 307 g/mol. The van der Waals surface area contributed by atoms with Crippen LogP contribution in [-0.2, 0) is 0 Å². The molecule has 2 aromatic carbocycles. The van der Waals surface area contributed by atoms with Gasteiger partial charge in [-0.2, -0.15) is 0 Å². The second-order valence-corrected chi connectivity index (χ2v) is 5.57. The summed E-state index contributed by atoms with van der Waals surface area (Å²) in [7, 11) is 0. The zero-order chi connectivity index (χ0) is 15.4. The van der Waals surface area contributed by atoms with E-state index in [0.29, 0.717) is 21.3 Å². The predicted molar refractivity (Wildman–Crippen MR) is 87.8 cm³/mol. The predicted octanol–water partition coefficient (Wildman–Crippen LogP) is 4.46. The van der Waals surface area contributed by atoms with Crippen LogP contribution in [0, 0.1) is 0 Å². The Balaban J connectivity index is 2.15. The maximum absolute atomic E-state index is 12.3. The normalized spacial score (nSPS) is 12.0. The molecule has 1 atom stereocenters. The van der Waals surface area contributed by atoms with E-state index >= 15 is 0 Å². The molecule has 0 radical (unpaired) electrons. The summed E-state index contributed by atoms with van der Waals surface area (Å²) in [5.74, 6) is -0.180. The van der Waals surface area contributed by atoms with Gasteiger partial charge in [0.05, 0.1) is 16.8 Å². The summed E-state index contributed by atoms with van der Waals surface area (Å²) in [6.07, 6.45) is 0.774. The molecule has 0 heterocycles. The molecule has 2 rings (SSSR count). The van der Waals surface area contributed by atoms with Crippen LogP contribution in [-0.4, -0.2) is 5.91 Å². The second kappa shape index (κ2) is 6.83. The third kappa shape index (κ3) is 3.90. The highest BCUT2D eigenvalue weighted by molar-refractivity contribution is 6.33. The molecule has 0 aromatic heterocycles. The van der Waals surface area contributed by atoms with Gasteiger partial charge in [0.1, 0.15) is 0 Å². The summed E-state index contributed by atoms with van der Waals surface area (Å²) in [5, 5.41) is 4.10. The van der Waals surface area contributed by atoms with E-state index < -0.39 is 0 Å². The Kier molecular flexibility index (Phi) is 5.10. The van der Waals surface area contributed by atoms with Gasteiger partial charge in [0, 0.05) is 10.6 Å². The fraction of sp³-hybridized carbons (Fsp3) is 0.188. The maximum Gasteiger partial charge on any atom is 0.251 e. The Hall–Kier alpha value is -1.71. The Morgan fingerprint density at radius 1 is 1.19 bits per heavy atom. The first kappa shape index (κ1) is 15.7. The number of rotatable bonds is 4. The number of nitrogens with one attached hydrogen (secondary N) is 1. The average molecular weight is 323 g/mol. The number of hydrogen-bond acceptors (Lipinski definition) is 2. The maximum atomic E-state index is 12.3. The number of hydrogen-bond donors (Lipinski definition) is 2. The van der Waals surface area contributed by atoms with Crippen LogP contribution in [0.4, 0.5) is 5.69 Å². The van der Waals surface area contributed by atoms with Crippen LogP contribution in [0.3, 0.4) is 0 Å². The Morgan fingerprint density at radius 2 is 1.86 bits per heavy atom. The average Bonchev–Trinajstić information content (AvgIpc) is 2.48. The van der Waals surface area contributed by atoms with Crippen LogP contribution >= 0.6 is 23.2 Å². The van der Waals surface area contributed by atoms with Gasteiger partial charge in [-0.25, -0.2) is 0 Å². The lowest BCUT2D eigenvalue weighted by Crippen LogP contribution is -2.28. The van der Waals surface area contributed by atoms with Crippen LogP contribution in [0.2, 0.25) is 10.0 Å². The van der Waals surface area contributed by atoms with Gasteiger partial charge in [0.25, 0.3) is 5.91 Å². The molecule has 5 heteroatoms. The molecule has 0 fully saturated rings. The lowest BCUT2D eigenvalue weighted by molar-refractivity contribution is 0.0935. The van der Waals surface area contributed by atoms with E-state index in [9.17, 15) is 4.79 Å². The van der Waals surface area contributed by atoms with Gasteiger partial charge in [-0.05, 0) is 42.3 Å². The van der Waals surface area contributed by atoms with Gasteiger partial charge < -0.3 is 11.1 Å². The number of nitrogens with two attached hydrogens (primary N) is 1. The Labute approximate surface area is 134 Å². The molecule has 3 N–H and O–H groups in total. The van der Waals surface area contributed by atoms with Crippen molar-refractivity contribution in [3.8, 4) is 0 Å². The van der Waals surface area contributed by atoms with E-state index in [0.717, 1.165) is 12.0 Å². The molecule has 1 unspecified atom stereocenters. The lowest BCUT2D eigenvalue weighted by Gasteiger charge is -2.18. The third-order valence-corrected chi connectivity index (χ3v) is 3.84. The first-order chi connectivity index (χ1) is 10.0. The van der Waals surface area contributed by atoms with Crippen LogP contribution in [0.5, 0.6) is 0 Å². The number of anilines is 1. The molecule has 0 aliphatic rings. The zero-order valence-corrected chi connectivity index (χ0v) is 13.1. The zero-order valence-electron chi connectivity index (χ0n) is 11.6. The fourth-order valence-electron chi connectivity index (χ4n) is 2.04. The molecule has 0 aliphatic carbocycles.